The molecule has 2 aromatic rings. The number of methoxy groups -OCH3 is 1. The van der Waals surface area contributed by atoms with Crippen LogP contribution in [0, 0.1) is 6.92 Å². The number of hydrogen-bond acceptors (Lipinski definition) is 5. The molecular formula is C14H15N3O2. The van der Waals surface area contributed by atoms with E-state index in [2.05, 4.69) is 20.0 Å². The topological polar surface area (TPSA) is 64.1 Å². The highest BCUT2D eigenvalue weighted by molar-refractivity contribution is 5.89. The standard InChI is InChI=1S/C14H15N3O2/c1-10-3-4-11(8-16-10)9-17-13-7-12(5-6-15-13)14(18)19-2/h3-8H,9H2,1-2H3,(H,15,17). The normalized spacial score (nSPS) is 10.0. The Morgan fingerprint density at radius 1 is 1.32 bits per heavy atom. The van der Waals surface area contributed by atoms with E-state index >= 15 is 0 Å². The molecule has 0 saturated heterocycles. The van der Waals surface area contributed by atoms with Crippen molar-refractivity contribution in [3.05, 3.63) is 53.5 Å². The fourth-order valence-corrected chi connectivity index (χ4v) is 1.57. The Hall–Kier alpha value is -2.43. The van der Waals surface area contributed by atoms with Crippen molar-refractivity contribution in [2.45, 2.75) is 13.5 Å². The summed E-state index contributed by atoms with van der Waals surface area (Å²) >= 11 is 0. The van der Waals surface area contributed by atoms with E-state index in [9.17, 15) is 4.79 Å². The fourth-order valence-electron chi connectivity index (χ4n) is 1.57. The molecule has 0 aliphatic rings. The maximum absolute atomic E-state index is 11.4. The Kier molecular flexibility index (Phi) is 4.07. The van der Waals surface area contributed by atoms with Crippen LogP contribution in [0.15, 0.2) is 36.7 Å². The Bertz CT molecular complexity index is 567. The summed E-state index contributed by atoms with van der Waals surface area (Å²) in [5.41, 5.74) is 2.51. The summed E-state index contributed by atoms with van der Waals surface area (Å²) in [6, 6.07) is 7.23. The summed E-state index contributed by atoms with van der Waals surface area (Å²) in [5, 5.41) is 3.14. The first kappa shape index (κ1) is 13.0. The summed E-state index contributed by atoms with van der Waals surface area (Å²) in [6.45, 7) is 2.55. The molecule has 0 aliphatic heterocycles. The molecule has 19 heavy (non-hydrogen) atoms. The van der Waals surface area contributed by atoms with E-state index in [1.54, 1.807) is 18.3 Å². The van der Waals surface area contributed by atoms with Crippen LogP contribution in [0.2, 0.25) is 0 Å². The molecule has 0 spiro atoms. The summed E-state index contributed by atoms with van der Waals surface area (Å²) < 4.78 is 4.66. The molecule has 0 saturated carbocycles. The maximum atomic E-state index is 11.4. The largest absolute Gasteiger partial charge is 0.465 e. The SMILES string of the molecule is COC(=O)c1ccnc(NCc2ccc(C)nc2)c1. The van der Waals surface area contributed by atoms with Crippen LogP contribution in [-0.4, -0.2) is 23.0 Å². The van der Waals surface area contributed by atoms with Gasteiger partial charge in [-0.25, -0.2) is 9.78 Å². The minimum atomic E-state index is -0.373. The second-order valence-electron chi connectivity index (χ2n) is 4.08. The van der Waals surface area contributed by atoms with Gasteiger partial charge in [0, 0.05) is 24.6 Å². The van der Waals surface area contributed by atoms with Gasteiger partial charge in [-0.05, 0) is 30.7 Å². The highest BCUT2D eigenvalue weighted by Gasteiger charge is 2.06. The number of ether oxygens (including phenoxy) is 1. The van der Waals surface area contributed by atoms with Crippen molar-refractivity contribution >= 4 is 11.8 Å². The highest BCUT2D eigenvalue weighted by atomic mass is 16.5. The van der Waals surface area contributed by atoms with Gasteiger partial charge >= 0.3 is 5.97 Å². The lowest BCUT2D eigenvalue weighted by molar-refractivity contribution is 0.0600. The van der Waals surface area contributed by atoms with Crippen LogP contribution in [0.5, 0.6) is 0 Å². The van der Waals surface area contributed by atoms with Crippen molar-refractivity contribution in [2.75, 3.05) is 12.4 Å². The molecule has 2 rings (SSSR count). The van der Waals surface area contributed by atoms with Crippen molar-refractivity contribution in [1.82, 2.24) is 9.97 Å². The van der Waals surface area contributed by atoms with Gasteiger partial charge in [0.1, 0.15) is 5.82 Å². The third-order valence-electron chi connectivity index (χ3n) is 2.63. The minimum absolute atomic E-state index is 0.373. The highest BCUT2D eigenvalue weighted by Crippen LogP contribution is 2.09. The monoisotopic (exact) mass is 257 g/mol. The number of anilines is 1. The third-order valence-corrected chi connectivity index (χ3v) is 2.63. The van der Waals surface area contributed by atoms with Crippen molar-refractivity contribution in [2.24, 2.45) is 0 Å². The van der Waals surface area contributed by atoms with Gasteiger partial charge in [0.15, 0.2) is 0 Å². The van der Waals surface area contributed by atoms with Crippen LogP contribution in [0.25, 0.3) is 0 Å². The van der Waals surface area contributed by atoms with Gasteiger partial charge in [-0.2, -0.15) is 0 Å². The van der Waals surface area contributed by atoms with Crippen molar-refractivity contribution in [1.29, 1.82) is 0 Å². The van der Waals surface area contributed by atoms with E-state index in [1.807, 2.05) is 25.3 Å². The molecule has 0 aromatic carbocycles. The van der Waals surface area contributed by atoms with Crippen molar-refractivity contribution in [3.8, 4) is 0 Å². The third kappa shape index (κ3) is 3.51. The van der Waals surface area contributed by atoms with Crippen LogP contribution in [-0.2, 0) is 11.3 Å². The summed E-state index contributed by atoms with van der Waals surface area (Å²) in [6.07, 6.45) is 3.38. The maximum Gasteiger partial charge on any atom is 0.338 e. The molecule has 0 fully saturated rings. The first-order chi connectivity index (χ1) is 9.19. The summed E-state index contributed by atoms with van der Waals surface area (Å²) in [5.74, 6) is 0.255. The number of rotatable bonds is 4. The molecule has 5 nitrogen and oxygen atoms in total. The number of aryl methyl sites for hydroxylation is 1. The Labute approximate surface area is 111 Å². The number of carbonyl (C=O) groups excluding carboxylic acids is 1. The van der Waals surface area contributed by atoms with E-state index < -0.39 is 0 Å². The van der Waals surface area contributed by atoms with Gasteiger partial charge in [-0.3, -0.25) is 4.98 Å². The number of hydrogen-bond donors (Lipinski definition) is 1. The van der Waals surface area contributed by atoms with Crippen molar-refractivity contribution < 1.29 is 9.53 Å². The summed E-state index contributed by atoms with van der Waals surface area (Å²) in [7, 11) is 1.35. The summed E-state index contributed by atoms with van der Waals surface area (Å²) in [4.78, 5) is 19.8. The molecule has 1 N–H and O–H groups in total. The number of aromatic nitrogens is 2. The predicted molar refractivity (Wildman–Crippen MR) is 71.9 cm³/mol. The first-order valence-electron chi connectivity index (χ1n) is 5.89. The van der Waals surface area contributed by atoms with Gasteiger partial charge in [0.2, 0.25) is 0 Å². The lowest BCUT2D eigenvalue weighted by atomic mass is 10.2. The van der Waals surface area contributed by atoms with Gasteiger partial charge in [-0.15, -0.1) is 0 Å². The number of pyridine rings is 2. The smallest absolute Gasteiger partial charge is 0.338 e. The van der Waals surface area contributed by atoms with Crippen LogP contribution < -0.4 is 5.32 Å². The van der Waals surface area contributed by atoms with Gasteiger partial charge in [-0.1, -0.05) is 6.07 Å². The molecule has 0 amide bonds. The van der Waals surface area contributed by atoms with Gasteiger partial charge < -0.3 is 10.1 Å². The molecule has 0 unspecified atom stereocenters. The van der Waals surface area contributed by atoms with Gasteiger partial charge in [0.25, 0.3) is 0 Å². The van der Waals surface area contributed by atoms with E-state index in [0.717, 1.165) is 11.3 Å². The predicted octanol–water partition coefficient (Wildman–Crippen LogP) is 2.18. The number of carbonyl (C=O) groups is 1. The number of nitrogens with zero attached hydrogens (tertiary/aromatic N) is 2. The van der Waals surface area contributed by atoms with Gasteiger partial charge in [0.05, 0.1) is 12.7 Å². The molecular weight excluding hydrogens is 242 g/mol. The quantitative estimate of drug-likeness (QED) is 0.850. The average molecular weight is 257 g/mol. The molecule has 98 valence electrons. The minimum Gasteiger partial charge on any atom is -0.465 e. The Balaban J connectivity index is 2.03. The zero-order valence-corrected chi connectivity index (χ0v) is 10.9. The van der Waals surface area contributed by atoms with Crippen LogP contribution in [0.3, 0.4) is 0 Å². The van der Waals surface area contributed by atoms with E-state index in [0.29, 0.717) is 17.9 Å². The average Bonchev–Trinajstić information content (AvgIpc) is 2.46. The zero-order valence-electron chi connectivity index (χ0n) is 10.9. The Morgan fingerprint density at radius 3 is 2.84 bits per heavy atom. The molecule has 0 bridgehead atoms. The van der Waals surface area contributed by atoms with E-state index in [1.165, 1.54) is 7.11 Å². The number of nitrogens with one attached hydrogen (secondary N) is 1. The van der Waals surface area contributed by atoms with E-state index in [4.69, 9.17) is 0 Å². The van der Waals surface area contributed by atoms with Crippen LogP contribution in [0.4, 0.5) is 5.82 Å². The van der Waals surface area contributed by atoms with Crippen LogP contribution >= 0.6 is 0 Å². The second kappa shape index (κ2) is 5.95. The van der Waals surface area contributed by atoms with E-state index in [-0.39, 0.29) is 5.97 Å². The molecule has 0 aliphatic carbocycles. The zero-order chi connectivity index (χ0) is 13.7. The molecule has 0 atom stereocenters. The Morgan fingerprint density at radius 2 is 2.16 bits per heavy atom. The molecule has 2 aromatic heterocycles. The molecule has 0 radical (unpaired) electrons. The van der Waals surface area contributed by atoms with Crippen LogP contribution in [0.1, 0.15) is 21.6 Å². The lowest BCUT2D eigenvalue weighted by Gasteiger charge is -2.06. The number of esters is 1. The second-order valence-corrected chi connectivity index (χ2v) is 4.08. The first-order valence-corrected chi connectivity index (χ1v) is 5.89. The molecule has 2 heterocycles. The molecule has 5 heteroatoms. The van der Waals surface area contributed by atoms with Crippen molar-refractivity contribution in [3.63, 3.8) is 0 Å². The fraction of sp³-hybridized carbons (Fsp3) is 0.214. The lowest BCUT2D eigenvalue weighted by Crippen LogP contribution is -2.05.